The number of methoxy groups -OCH3 is 1. The number of para-hydroxylation sites is 2. The summed E-state index contributed by atoms with van der Waals surface area (Å²) in [5.74, 6) is 1.72. The van der Waals surface area contributed by atoms with Crippen molar-refractivity contribution in [1.82, 2.24) is 9.97 Å². The van der Waals surface area contributed by atoms with E-state index in [2.05, 4.69) is 20.2 Å². The van der Waals surface area contributed by atoms with Crippen LogP contribution in [0.15, 0.2) is 36.7 Å². The average Bonchev–Trinajstić information content (AvgIpc) is 3.09. The highest BCUT2D eigenvalue weighted by atomic mass is 19.3. The van der Waals surface area contributed by atoms with E-state index in [0.29, 0.717) is 18.3 Å². The van der Waals surface area contributed by atoms with Crippen molar-refractivity contribution in [3.8, 4) is 5.75 Å². The first-order chi connectivity index (χ1) is 11.7. The highest BCUT2D eigenvalue weighted by molar-refractivity contribution is 5.59. The molecule has 2 heterocycles. The molecule has 128 valence electrons. The number of nitrogens with zero attached hydrogens (tertiary/aromatic N) is 3. The van der Waals surface area contributed by atoms with Crippen LogP contribution in [0, 0.1) is 5.92 Å². The first kappa shape index (κ1) is 16.4. The summed E-state index contributed by atoms with van der Waals surface area (Å²) in [6.07, 6.45) is -0.390. The van der Waals surface area contributed by atoms with Gasteiger partial charge in [0.15, 0.2) is 0 Å². The Labute approximate surface area is 139 Å². The van der Waals surface area contributed by atoms with Gasteiger partial charge in [0.25, 0.3) is 6.43 Å². The lowest BCUT2D eigenvalue weighted by Crippen LogP contribution is -2.23. The van der Waals surface area contributed by atoms with E-state index in [4.69, 9.17) is 4.74 Å². The smallest absolute Gasteiger partial charge is 0.280 e. The van der Waals surface area contributed by atoms with Crippen molar-refractivity contribution in [3.63, 3.8) is 0 Å². The summed E-state index contributed by atoms with van der Waals surface area (Å²) in [5.41, 5.74) is 0.832. The van der Waals surface area contributed by atoms with Gasteiger partial charge in [0.2, 0.25) is 0 Å². The molecule has 1 aromatic carbocycles. The molecule has 5 nitrogen and oxygen atoms in total. The Morgan fingerprint density at radius 2 is 2.17 bits per heavy atom. The fourth-order valence-corrected chi connectivity index (χ4v) is 2.95. The van der Waals surface area contributed by atoms with Crippen molar-refractivity contribution in [2.75, 3.05) is 37.0 Å². The normalized spacial score (nSPS) is 17.3. The number of rotatable bonds is 6. The Morgan fingerprint density at radius 3 is 2.96 bits per heavy atom. The van der Waals surface area contributed by atoms with Gasteiger partial charge in [-0.3, -0.25) is 0 Å². The molecule has 2 aromatic rings. The van der Waals surface area contributed by atoms with E-state index in [0.717, 1.165) is 30.9 Å². The van der Waals surface area contributed by atoms with Crippen LogP contribution >= 0.6 is 0 Å². The van der Waals surface area contributed by atoms with E-state index < -0.39 is 6.43 Å². The van der Waals surface area contributed by atoms with Gasteiger partial charge >= 0.3 is 0 Å². The largest absolute Gasteiger partial charge is 0.495 e. The van der Waals surface area contributed by atoms with E-state index in [1.165, 1.54) is 12.4 Å². The van der Waals surface area contributed by atoms with Gasteiger partial charge in [-0.2, -0.15) is 0 Å². The minimum absolute atomic E-state index is 0.255. The number of hydrogen-bond acceptors (Lipinski definition) is 5. The summed E-state index contributed by atoms with van der Waals surface area (Å²) in [5, 5.41) is 3.14. The topological polar surface area (TPSA) is 50.3 Å². The SMILES string of the molecule is COc1ccccc1N1CCC(CNc2cc(C(F)F)ncn2)C1. The third-order valence-electron chi connectivity index (χ3n) is 4.20. The van der Waals surface area contributed by atoms with E-state index >= 15 is 0 Å². The quantitative estimate of drug-likeness (QED) is 0.878. The molecular weight excluding hydrogens is 314 g/mol. The second-order valence-corrected chi connectivity index (χ2v) is 5.78. The Morgan fingerprint density at radius 1 is 1.33 bits per heavy atom. The van der Waals surface area contributed by atoms with Crippen LogP contribution in [-0.2, 0) is 0 Å². The molecule has 0 spiro atoms. The highest BCUT2D eigenvalue weighted by Crippen LogP contribution is 2.32. The maximum Gasteiger partial charge on any atom is 0.280 e. The third-order valence-corrected chi connectivity index (χ3v) is 4.20. The van der Waals surface area contributed by atoms with Crippen molar-refractivity contribution in [2.45, 2.75) is 12.8 Å². The van der Waals surface area contributed by atoms with Crippen molar-refractivity contribution in [1.29, 1.82) is 0 Å². The Bertz CT molecular complexity index is 683. The molecule has 1 aliphatic heterocycles. The number of halogens is 2. The molecule has 1 atom stereocenters. The summed E-state index contributed by atoms with van der Waals surface area (Å²) in [7, 11) is 1.67. The maximum atomic E-state index is 12.7. The van der Waals surface area contributed by atoms with Gasteiger partial charge in [-0.25, -0.2) is 18.7 Å². The van der Waals surface area contributed by atoms with Gasteiger partial charge in [-0.1, -0.05) is 12.1 Å². The fourth-order valence-electron chi connectivity index (χ4n) is 2.95. The molecule has 7 heteroatoms. The van der Waals surface area contributed by atoms with Gasteiger partial charge in [0.1, 0.15) is 23.6 Å². The lowest BCUT2D eigenvalue weighted by molar-refractivity contribution is 0.146. The van der Waals surface area contributed by atoms with E-state index in [-0.39, 0.29) is 5.69 Å². The molecule has 0 radical (unpaired) electrons. The molecule has 0 saturated carbocycles. The zero-order chi connectivity index (χ0) is 16.9. The first-order valence-electron chi connectivity index (χ1n) is 7.89. The summed E-state index contributed by atoms with van der Waals surface area (Å²) >= 11 is 0. The molecule has 1 saturated heterocycles. The predicted octanol–water partition coefficient (Wildman–Crippen LogP) is 3.36. The van der Waals surface area contributed by atoms with E-state index in [1.807, 2.05) is 24.3 Å². The number of hydrogen-bond donors (Lipinski definition) is 1. The molecule has 0 aliphatic carbocycles. The van der Waals surface area contributed by atoms with Crippen LogP contribution in [0.3, 0.4) is 0 Å². The molecule has 0 bridgehead atoms. The molecule has 1 fully saturated rings. The third kappa shape index (κ3) is 3.72. The molecule has 1 unspecified atom stereocenters. The second-order valence-electron chi connectivity index (χ2n) is 5.78. The molecular formula is C17H20F2N4O. The predicted molar refractivity (Wildman–Crippen MR) is 88.8 cm³/mol. The summed E-state index contributed by atoms with van der Waals surface area (Å²) in [4.78, 5) is 9.85. The lowest BCUT2D eigenvalue weighted by atomic mass is 10.1. The lowest BCUT2D eigenvalue weighted by Gasteiger charge is -2.21. The van der Waals surface area contributed by atoms with Crippen molar-refractivity contribution >= 4 is 11.5 Å². The number of benzene rings is 1. The molecule has 1 aliphatic rings. The first-order valence-corrected chi connectivity index (χ1v) is 7.89. The zero-order valence-corrected chi connectivity index (χ0v) is 13.5. The average molecular weight is 334 g/mol. The number of aromatic nitrogens is 2. The Balaban J connectivity index is 1.58. The van der Waals surface area contributed by atoms with Crippen LogP contribution in [0.25, 0.3) is 0 Å². The summed E-state index contributed by atoms with van der Waals surface area (Å²) in [6.45, 7) is 2.52. The van der Waals surface area contributed by atoms with Crippen LogP contribution in [0.4, 0.5) is 20.3 Å². The highest BCUT2D eigenvalue weighted by Gasteiger charge is 2.24. The van der Waals surface area contributed by atoms with E-state index in [9.17, 15) is 8.78 Å². The van der Waals surface area contributed by atoms with Gasteiger partial charge in [-0.05, 0) is 24.5 Å². The minimum atomic E-state index is -2.58. The molecule has 24 heavy (non-hydrogen) atoms. The standard InChI is InChI=1S/C17H20F2N4O/c1-24-15-5-3-2-4-14(15)23-7-6-12(10-23)9-20-16-8-13(17(18)19)21-11-22-16/h2-5,8,11-12,17H,6-7,9-10H2,1H3,(H,20,21,22). The van der Waals surface area contributed by atoms with Crippen molar-refractivity contribution in [3.05, 3.63) is 42.4 Å². The summed E-state index contributed by atoms with van der Waals surface area (Å²) in [6, 6.07) is 9.25. The monoisotopic (exact) mass is 334 g/mol. The number of nitrogens with one attached hydrogen (secondary N) is 1. The van der Waals surface area contributed by atoms with Gasteiger partial charge in [0.05, 0.1) is 12.8 Å². The van der Waals surface area contributed by atoms with Crippen LogP contribution in [0.2, 0.25) is 0 Å². The molecule has 1 aromatic heterocycles. The fraction of sp³-hybridized carbons (Fsp3) is 0.412. The van der Waals surface area contributed by atoms with Crippen LogP contribution < -0.4 is 15.0 Å². The molecule has 3 rings (SSSR count). The van der Waals surface area contributed by atoms with E-state index in [1.54, 1.807) is 7.11 Å². The minimum Gasteiger partial charge on any atom is -0.495 e. The van der Waals surface area contributed by atoms with Crippen LogP contribution in [-0.4, -0.2) is 36.7 Å². The summed E-state index contributed by atoms with van der Waals surface area (Å²) < 4.78 is 30.7. The van der Waals surface area contributed by atoms with Crippen LogP contribution in [0.5, 0.6) is 5.75 Å². The van der Waals surface area contributed by atoms with Crippen molar-refractivity contribution < 1.29 is 13.5 Å². The van der Waals surface area contributed by atoms with Gasteiger partial charge in [-0.15, -0.1) is 0 Å². The zero-order valence-electron chi connectivity index (χ0n) is 13.5. The Hall–Kier alpha value is -2.44. The number of ether oxygens (including phenoxy) is 1. The second kappa shape index (κ2) is 7.42. The maximum absolute atomic E-state index is 12.7. The molecule has 0 amide bonds. The van der Waals surface area contributed by atoms with Gasteiger partial charge in [0, 0.05) is 25.7 Å². The number of alkyl halides is 2. The van der Waals surface area contributed by atoms with Crippen molar-refractivity contribution in [2.24, 2.45) is 5.92 Å². The Kier molecular flexibility index (Phi) is 5.08. The molecule has 1 N–H and O–H groups in total. The van der Waals surface area contributed by atoms with Crippen LogP contribution in [0.1, 0.15) is 18.5 Å². The number of anilines is 2. The van der Waals surface area contributed by atoms with Gasteiger partial charge < -0.3 is 15.0 Å².